The molecule has 0 saturated carbocycles. The van der Waals surface area contributed by atoms with Crippen molar-refractivity contribution in [2.24, 2.45) is 0 Å². The zero-order valence-corrected chi connectivity index (χ0v) is 16.6. The summed E-state index contributed by atoms with van der Waals surface area (Å²) in [6, 6.07) is 19.4. The molecule has 4 rings (SSSR count). The molecule has 1 aliphatic rings. The molecule has 0 aliphatic carbocycles. The normalized spacial score (nSPS) is 14.6. The summed E-state index contributed by atoms with van der Waals surface area (Å²) in [5.74, 6) is 0.602. The molecular formula is C24H26FN3O. The fourth-order valence-corrected chi connectivity index (χ4v) is 3.97. The summed E-state index contributed by atoms with van der Waals surface area (Å²) < 4.78 is 19.1. The highest BCUT2D eigenvalue weighted by Gasteiger charge is 2.23. The molecule has 0 unspecified atom stereocenters. The largest absolute Gasteiger partial charge is 0.497 e. The summed E-state index contributed by atoms with van der Waals surface area (Å²) in [7, 11) is 1.68. The van der Waals surface area contributed by atoms with E-state index in [-0.39, 0.29) is 5.82 Å². The van der Waals surface area contributed by atoms with Crippen LogP contribution in [-0.2, 0) is 6.54 Å². The van der Waals surface area contributed by atoms with Gasteiger partial charge in [-0.2, -0.15) is 0 Å². The number of nitrogens with one attached hydrogen (secondary N) is 1. The molecule has 29 heavy (non-hydrogen) atoms. The van der Waals surface area contributed by atoms with Gasteiger partial charge in [0.15, 0.2) is 0 Å². The lowest BCUT2D eigenvalue weighted by atomic mass is 10.0. The van der Waals surface area contributed by atoms with Crippen molar-refractivity contribution in [3.05, 3.63) is 78.2 Å². The zero-order valence-electron chi connectivity index (χ0n) is 16.6. The highest BCUT2D eigenvalue weighted by Crippen LogP contribution is 2.29. The number of benzene rings is 2. The number of rotatable bonds is 6. The van der Waals surface area contributed by atoms with Crippen molar-refractivity contribution in [3.63, 3.8) is 0 Å². The molecule has 150 valence electrons. The number of aromatic nitrogens is 1. The molecule has 0 radical (unpaired) electrons. The van der Waals surface area contributed by atoms with Crippen LogP contribution in [0.3, 0.4) is 0 Å². The third-order valence-corrected chi connectivity index (χ3v) is 5.48. The van der Waals surface area contributed by atoms with Crippen molar-refractivity contribution in [2.45, 2.75) is 25.4 Å². The number of pyridine rings is 1. The molecule has 0 spiro atoms. The van der Waals surface area contributed by atoms with Crippen LogP contribution in [0.15, 0.2) is 66.9 Å². The van der Waals surface area contributed by atoms with E-state index in [9.17, 15) is 4.39 Å². The predicted octanol–water partition coefficient (Wildman–Crippen LogP) is 4.65. The van der Waals surface area contributed by atoms with Gasteiger partial charge in [-0.3, -0.25) is 4.98 Å². The Hall–Kier alpha value is -2.92. The van der Waals surface area contributed by atoms with E-state index in [1.807, 2.05) is 24.3 Å². The van der Waals surface area contributed by atoms with Gasteiger partial charge in [-0.25, -0.2) is 4.39 Å². The standard InChI is InChI=1S/C24H26FN3O/c1-29-23-9-7-21(8-10-23)28(22-11-14-26-15-12-22)17-19-5-3-13-27-24(19)18-4-2-6-20(25)16-18/h2-10,13,16,22,26H,11-12,14-15,17H2,1H3. The number of hydrogen-bond acceptors (Lipinski definition) is 4. The Morgan fingerprint density at radius 3 is 2.59 bits per heavy atom. The van der Waals surface area contributed by atoms with Gasteiger partial charge in [-0.1, -0.05) is 18.2 Å². The summed E-state index contributed by atoms with van der Waals surface area (Å²) >= 11 is 0. The minimum Gasteiger partial charge on any atom is -0.497 e. The van der Waals surface area contributed by atoms with Gasteiger partial charge in [0.05, 0.1) is 12.8 Å². The van der Waals surface area contributed by atoms with Crippen LogP contribution in [0.4, 0.5) is 10.1 Å². The molecular weight excluding hydrogens is 365 g/mol. The number of halogens is 1. The number of piperidine rings is 1. The molecule has 1 fully saturated rings. The fourth-order valence-electron chi connectivity index (χ4n) is 3.97. The molecule has 4 nitrogen and oxygen atoms in total. The molecule has 0 bridgehead atoms. The topological polar surface area (TPSA) is 37.4 Å². The molecule has 2 heterocycles. The Balaban J connectivity index is 1.69. The van der Waals surface area contributed by atoms with Gasteiger partial charge in [0.25, 0.3) is 0 Å². The average molecular weight is 391 g/mol. The average Bonchev–Trinajstić information content (AvgIpc) is 2.78. The molecule has 1 aromatic heterocycles. The van der Waals surface area contributed by atoms with Crippen LogP contribution < -0.4 is 15.0 Å². The second-order valence-corrected chi connectivity index (χ2v) is 7.33. The lowest BCUT2D eigenvalue weighted by Gasteiger charge is -2.37. The van der Waals surface area contributed by atoms with Gasteiger partial charge in [-0.05, 0) is 74.0 Å². The van der Waals surface area contributed by atoms with E-state index in [4.69, 9.17) is 4.74 Å². The second kappa shape index (κ2) is 9.05. The fraction of sp³-hybridized carbons (Fsp3) is 0.292. The monoisotopic (exact) mass is 391 g/mol. The summed E-state index contributed by atoms with van der Waals surface area (Å²) in [5.41, 5.74) is 3.89. The number of methoxy groups -OCH3 is 1. The van der Waals surface area contributed by atoms with E-state index in [1.54, 1.807) is 25.4 Å². The van der Waals surface area contributed by atoms with Crippen LogP contribution in [0.2, 0.25) is 0 Å². The number of nitrogens with zero attached hydrogens (tertiary/aromatic N) is 2. The first-order valence-corrected chi connectivity index (χ1v) is 10.1. The quantitative estimate of drug-likeness (QED) is 0.663. The van der Waals surface area contributed by atoms with E-state index in [2.05, 4.69) is 33.4 Å². The van der Waals surface area contributed by atoms with Crippen molar-refractivity contribution in [1.29, 1.82) is 0 Å². The van der Waals surface area contributed by atoms with Crippen molar-refractivity contribution in [2.75, 3.05) is 25.1 Å². The van der Waals surface area contributed by atoms with Crippen LogP contribution in [0.1, 0.15) is 18.4 Å². The highest BCUT2D eigenvalue weighted by atomic mass is 19.1. The number of anilines is 1. The van der Waals surface area contributed by atoms with Gasteiger partial charge in [-0.15, -0.1) is 0 Å². The molecule has 1 N–H and O–H groups in total. The molecule has 1 saturated heterocycles. The van der Waals surface area contributed by atoms with Gasteiger partial charge < -0.3 is 15.0 Å². The summed E-state index contributed by atoms with van der Waals surface area (Å²) in [4.78, 5) is 7.03. The van der Waals surface area contributed by atoms with Gasteiger partial charge >= 0.3 is 0 Å². The smallest absolute Gasteiger partial charge is 0.123 e. The van der Waals surface area contributed by atoms with Crippen molar-refractivity contribution in [3.8, 4) is 17.0 Å². The first kappa shape index (κ1) is 19.4. The van der Waals surface area contributed by atoms with Crippen LogP contribution in [0.25, 0.3) is 11.3 Å². The second-order valence-electron chi connectivity index (χ2n) is 7.33. The SMILES string of the molecule is COc1ccc(N(Cc2cccnc2-c2cccc(F)c2)C2CCNCC2)cc1. The van der Waals surface area contributed by atoms with Crippen LogP contribution in [0.5, 0.6) is 5.75 Å². The van der Waals surface area contributed by atoms with E-state index in [0.29, 0.717) is 6.04 Å². The minimum atomic E-state index is -0.246. The van der Waals surface area contributed by atoms with E-state index < -0.39 is 0 Å². The van der Waals surface area contributed by atoms with Crippen molar-refractivity contribution >= 4 is 5.69 Å². The first-order chi connectivity index (χ1) is 14.2. The van der Waals surface area contributed by atoms with Crippen LogP contribution >= 0.6 is 0 Å². The number of ether oxygens (including phenoxy) is 1. The minimum absolute atomic E-state index is 0.246. The van der Waals surface area contributed by atoms with Gasteiger partial charge in [0, 0.05) is 30.0 Å². The summed E-state index contributed by atoms with van der Waals surface area (Å²) in [5, 5.41) is 3.45. The first-order valence-electron chi connectivity index (χ1n) is 10.1. The maximum atomic E-state index is 13.8. The van der Waals surface area contributed by atoms with E-state index in [0.717, 1.165) is 60.7 Å². The zero-order chi connectivity index (χ0) is 20.1. The predicted molar refractivity (Wildman–Crippen MR) is 115 cm³/mol. The third kappa shape index (κ3) is 4.57. The highest BCUT2D eigenvalue weighted by molar-refractivity contribution is 5.64. The van der Waals surface area contributed by atoms with Crippen molar-refractivity contribution in [1.82, 2.24) is 10.3 Å². The molecule has 0 atom stereocenters. The maximum absolute atomic E-state index is 13.8. The Kier molecular flexibility index (Phi) is 6.06. The Morgan fingerprint density at radius 2 is 1.86 bits per heavy atom. The Morgan fingerprint density at radius 1 is 1.07 bits per heavy atom. The molecule has 0 amide bonds. The summed E-state index contributed by atoms with van der Waals surface area (Å²) in [6.07, 6.45) is 3.94. The number of hydrogen-bond donors (Lipinski definition) is 1. The van der Waals surface area contributed by atoms with Crippen molar-refractivity contribution < 1.29 is 9.13 Å². The van der Waals surface area contributed by atoms with E-state index in [1.165, 1.54) is 6.07 Å². The lowest BCUT2D eigenvalue weighted by Crippen LogP contribution is -2.43. The molecule has 3 aromatic rings. The van der Waals surface area contributed by atoms with Crippen LogP contribution in [0, 0.1) is 5.82 Å². The summed E-state index contributed by atoms with van der Waals surface area (Å²) in [6.45, 7) is 2.75. The van der Waals surface area contributed by atoms with Gasteiger partial charge in [0.2, 0.25) is 0 Å². The molecule has 2 aromatic carbocycles. The Labute approximate surface area is 171 Å². The van der Waals surface area contributed by atoms with E-state index >= 15 is 0 Å². The Bertz CT molecular complexity index is 939. The third-order valence-electron chi connectivity index (χ3n) is 5.48. The maximum Gasteiger partial charge on any atom is 0.123 e. The lowest BCUT2D eigenvalue weighted by molar-refractivity contribution is 0.413. The molecule has 5 heteroatoms. The van der Waals surface area contributed by atoms with Crippen LogP contribution in [-0.4, -0.2) is 31.2 Å². The molecule has 1 aliphatic heterocycles. The van der Waals surface area contributed by atoms with Gasteiger partial charge in [0.1, 0.15) is 11.6 Å².